The molecule has 4 heterocycles. The molecule has 0 radical (unpaired) electrons. The Bertz CT molecular complexity index is 1270. The Balaban J connectivity index is 1.43. The molecule has 0 atom stereocenters. The van der Waals surface area contributed by atoms with Gasteiger partial charge in [-0.3, -0.25) is 4.68 Å². The molecule has 0 bridgehead atoms. The summed E-state index contributed by atoms with van der Waals surface area (Å²) < 4.78 is 15.0. The third-order valence-corrected chi connectivity index (χ3v) is 4.32. The van der Waals surface area contributed by atoms with Gasteiger partial charge in [0.15, 0.2) is 17.1 Å². The van der Waals surface area contributed by atoms with Gasteiger partial charge in [-0.25, -0.2) is 14.5 Å². The van der Waals surface area contributed by atoms with E-state index in [9.17, 15) is 0 Å². The van der Waals surface area contributed by atoms with E-state index >= 15 is 0 Å². The van der Waals surface area contributed by atoms with Crippen molar-refractivity contribution in [2.45, 2.75) is 13.5 Å². The van der Waals surface area contributed by atoms with E-state index in [4.69, 9.17) is 9.15 Å². The lowest BCUT2D eigenvalue weighted by Gasteiger charge is -2.04. The van der Waals surface area contributed by atoms with Crippen LogP contribution in [0, 0.1) is 6.92 Å². The second-order valence-electron chi connectivity index (χ2n) is 6.32. The SMILES string of the molecule is Cc1cccc(OCc2ccc(-c3nc4c5cnn(C)c5ncn4n3)o2)c1. The van der Waals surface area contributed by atoms with Crippen LogP contribution >= 0.6 is 0 Å². The van der Waals surface area contributed by atoms with Gasteiger partial charge < -0.3 is 9.15 Å². The van der Waals surface area contributed by atoms with Gasteiger partial charge in [0, 0.05) is 7.05 Å². The first-order valence-corrected chi connectivity index (χ1v) is 8.49. The van der Waals surface area contributed by atoms with Crippen molar-refractivity contribution >= 4 is 16.7 Å². The monoisotopic (exact) mass is 360 g/mol. The van der Waals surface area contributed by atoms with Gasteiger partial charge in [0.25, 0.3) is 0 Å². The van der Waals surface area contributed by atoms with Gasteiger partial charge in [-0.05, 0) is 36.8 Å². The Labute approximate surface area is 154 Å². The van der Waals surface area contributed by atoms with Gasteiger partial charge in [0.2, 0.25) is 5.82 Å². The van der Waals surface area contributed by atoms with Crippen molar-refractivity contribution in [2.24, 2.45) is 7.05 Å². The maximum absolute atomic E-state index is 5.86. The van der Waals surface area contributed by atoms with Gasteiger partial charge in [0.1, 0.15) is 24.4 Å². The molecule has 0 saturated heterocycles. The third-order valence-electron chi connectivity index (χ3n) is 4.32. The first kappa shape index (κ1) is 15.6. The van der Waals surface area contributed by atoms with Gasteiger partial charge >= 0.3 is 0 Å². The summed E-state index contributed by atoms with van der Waals surface area (Å²) in [6.45, 7) is 2.37. The Morgan fingerprint density at radius 2 is 2.07 bits per heavy atom. The number of fused-ring (bicyclic) bond motifs is 3. The summed E-state index contributed by atoms with van der Waals surface area (Å²) in [7, 11) is 1.84. The Kier molecular flexibility index (Phi) is 3.43. The molecule has 0 N–H and O–H groups in total. The van der Waals surface area contributed by atoms with Crippen LogP contribution in [0.5, 0.6) is 5.75 Å². The molecular formula is C19H16N6O2. The summed E-state index contributed by atoms with van der Waals surface area (Å²) in [5, 5.41) is 9.52. The highest BCUT2D eigenvalue weighted by Gasteiger charge is 2.15. The smallest absolute Gasteiger partial charge is 0.217 e. The lowest BCUT2D eigenvalue weighted by molar-refractivity contribution is 0.271. The molecule has 0 aliphatic heterocycles. The van der Waals surface area contributed by atoms with Crippen LogP contribution in [0.1, 0.15) is 11.3 Å². The Morgan fingerprint density at radius 1 is 1.15 bits per heavy atom. The van der Waals surface area contributed by atoms with Crippen LogP contribution in [0.4, 0.5) is 0 Å². The van der Waals surface area contributed by atoms with Crippen molar-refractivity contribution < 1.29 is 9.15 Å². The highest BCUT2D eigenvalue weighted by atomic mass is 16.5. The maximum Gasteiger partial charge on any atom is 0.217 e. The lowest BCUT2D eigenvalue weighted by atomic mass is 10.2. The number of aromatic nitrogens is 6. The van der Waals surface area contributed by atoms with E-state index in [0.29, 0.717) is 29.6 Å². The van der Waals surface area contributed by atoms with Crippen LogP contribution < -0.4 is 4.74 Å². The van der Waals surface area contributed by atoms with Crippen LogP contribution in [-0.4, -0.2) is 29.4 Å². The second-order valence-corrected chi connectivity index (χ2v) is 6.32. The van der Waals surface area contributed by atoms with Crippen LogP contribution in [0.3, 0.4) is 0 Å². The molecule has 0 saturated carbocycles. The molecule has 0 fully saturated rings. The Hall–Kier alpha value is -3.68. The minimum atomic E-state index is 0.339. The summed E-state index contributed by atoms with van der Waals surface area (Å²) in [6.07, 6.45) is 3.36. The number of furan rings is 1. The van der Waals surface area contributed by atoms with Gasteiger partial charge in [-0.1, -0.05) is 12.1 Å². The number of rotatable bonds is 4. The molecule has 0 unspecified atom stereocenters. The van der Waals surface area contributed by atoms with Crippen molar-refractivity contribution in [3.63, 3.8) is 0 Å². The van der Waals surface area contributed by atoms with E-state index in [-0.39, 0.29) is 0 Å². The summed E-state index contributed by atoms with van der Waals surface area (Å²) in [5.74, 6) is 2.59. The normalized spacial score (nSPS) is 11.5. The van der Waals surface area contributed by atoms with Crippen molar-refractivity contribution in [3.8, 4) is 17.3 Å². The minimum absolute atomic E-state index is 0.339. The molecule has 134 valence electrons. The molecule has 1 aromatic carbocycles. The zero-order valence-corrected chi connectivity index (χ0v) is 14.8. The summed E-state index contributed by atoms with van der Waals surface area (Å²) >= 11 is 0. The van der Waals surface area contributed by atoms with E-state index in [1.807, 2.05) is 50.4 Å². The first-order chi connectivity index (χ1) is 13.2. The standard InChI is InChI=1S/C19H16N6O2/c1-12-4-3-5-13(8-12)26-10-14-6-7-16(27-14)17-22-19-15-9-21-24(2)18(15)20-11-25(19)23-17/h3-9,11H,10H2,1-2H3. The van der Waals surface area contributed by atoms with Crippen LogP contribution in [0.2, 0.25) is 0 Å². The number of aryl methyl sites for hydroxylation is 2. The summed E-state index contributed by atoms with van der Waals surface area (Å²) in [6, 6.07) is 11.6. The molecule has 4 aromatic heterocycles. The van der Waals surface area contributed by atoms with E-state index in [0.717, 1.165) is 22.3 Å². The predicted octanol–water partition coefficient (Wildman–Crippen LogP) is 3.16. The van der Waals surface area contributed by atoms with E-state index in [1.54, 1.807) is 21.7 Å². The Morgan fingerprint density at radius 3 is 2.96 bits per heavy atom. The number of hydrogen-bond acceptors (Lipinski definition) is 6. The molecule has 0 aliphatic rings. The largest absolute Gasteiger partial charge is 0.486 e. The zero-order valence-electron chi connectivity index (χ0n) is 14.8. The fraction of sp³-hybridized carbons (Fsp3) is 0.158. The quantitative estimate of drug-likeness (QED) is 0.489. The maximum atomic E-state index is 5.86. The zero-order chi connectivity index (χ0) is 18.4. The highest BCUT2D eigenvalue weighted by molar-refractivity contribution is 5.88. The molecule has 5 rings (SSSR count). The average Bonchev–Trinajstić information content (AvgIpc) is 3.37. The number of nitrogens with zero attached hydrogens (tertiary/aromatic N) is 6. The van der Waals surface area contributed by atoms with Gasteiger partial charge in [-0.15, -0.1) is 5.10 Å². The predicted molar refractivity (Wildman–Crippen MR) is 98.3 cm³/mol. The lowest BCUT2D eigenvalue weighted by Crippen LogP contribution is -1.94. The average molecular weight is 360 g/mol. The molecule has 5 aromatic rings. The molecular weight excluding hydrogens is 344 g/mol. The van der Waals surface area contributed by atoms with E-state index in [2.05, 4.69) is 20.2 Å². The van der Waals surface area contributed by atoms with Crippen LogP contribution in [0.15, 0.2) is 53.3 Å². The van der Waals surface area contributed by atoms with Crippen molar-refractivity contribution in [1.29, 1.82) is 0 Å². The van der Waals surface area contributed by atoms with Crippen LogP contribution in [-0.2, 0) is 13.7 Å². The fourth-order valence-electron chi connectivity index (χ4n) is 2.98. The first-order valence-electron chi connectivity index (χ1n) is 8.49. The molecule has 8 nitrogen and oxygen atoms in total. The van der Waals surface area contributed by atoms with Crippen molar-refractivity contribution in [1.82, 2.24) is 29.4 Å². The summed E-state index contributed by atoms with van der Waals surface area (Å²) in [4.78, 5) is 8.95. The minimum Gasteiger partial charge on any atom is -0.486 e. The topological polar surface area (TPSA) is 83.3 Å². The molecule has 27 heavy (non-hydrogen) atoms. The van der Waals surface area contributed by atoms with Gasteiger partial charge in [0.05, 0.1) is 11.6 Å². The number of benzene rings is 1. The van der Waals surface area contributed by atoms with E-state index < -0.39 is 0 Å². The fourth-order valence-corrected chi connectivity index (χ4v) is 2.98. The van der Waals surface area contributed by atoms with E-state index in [1.165, 1.54) is 0 Å². The second kappa shape index (κ2) is 5.94. The highest BCUT2D eigenvalue weighted by Crippen LogP contribution is 2.23. The van der Waals surface area contributed by atoms with Crippen LogP contribution in [0.25, 0.3) is 28.3 Å². The van der Waals surface area contributed by atoms with Gasteiger partial charge in [-0.2, -0.15) is 5.10 Å². The number of ether oxygens (including phenoxy) is 1. The molecule has 0 aliphatic carbocycles. The molecule has 8 heteroatoms. The summed E-state index contributed by atoms with van der Waals surface area (Å²) in [5.41, 5.74) is 2.60. The molecule has 0 amide bonds. The molecule has 0 spiro atoms. The third kappa shape index (κ3) is 2.71. The van der Waals surface area contributed by atoms with Crippen molar-refractivity contribution in [3.05, 3.63) is 60.2 Å². The van der Waals surface area contributed by atoms with Crippen molar-refractivity contribution in [2.75, 3.05) is 0 Å². The number of hydrogen-bond donors (Lipinski definition) is 0.